The van der Waals surface area contributed by atoms with Crippen molar-refractivity contribution in [2.24, 2.45) is 0 Å². The SMILES string of the molecule is O=C(CCNc1cccc(Br)c1)Nc1ccc2c(c1)OCCO2. The number of hydrogen-bond acceptors (Lipinski definition) is 4. The monoisotopic (exact) mass is 376 g/mol. The first-order chi connectivity index (χ1) is 11.2. The summed E-state index contributed by atoms with van der Waals surface area (Å²) in [6, 6.07) is 13.2. The zero-order valence-corrected chi connectivity index (χ0v) is 14.1. The van der Waals surface area contributed by atoms with Crippen LogP contribution in [0.4, 0.5) is 11.4 Å². The average molecular weight is 377 g/mol. The Kier molecular flexibility index (Phi) is 5.02. The third-order valence-corrected chi connectivity index (χ3v) is 3.82. The molecule has 2 aromatic rings. The normalized spacial score (nSPS) is 12.6. The van der Waals surface area contributed by atoms with Gasteiger partial charge in [0.15, 0.2) is 11.5 Å². The van der Waals surface area contributed by atoms with E-state index in [0.29, 0.717) is 43.4 Å². The van der Waals surface area contributed by atoms with Gasteiger partial charge in [0.2, 0.25) is 5.91 Å². The highest BCUT2D eigenvalue weighted by Crippen LogP contribution is 2.32. The maximum atomic E-state index is 12.0. The van der Waals surface area contributed by atoms with Crippen LogP contribution in [0.25, 0.3) is 0 Å². The van der Waals surface area contributed by atoms with Gasteiger partial charge in [0.25, 0.3) is 0 Å². The van der Waals surface area contributed by atoms with Gasteiger partial charge in [-0.2, -0.15) is 0 Å². The van der Waals surface area contributed by atoms with E-state index in [0.717, 1.165) is 10.2 Å². The van der Waals surface area contributed by atoms with Crippen LogP contribution < -0.4 is 20.1 Å². The molecule has 1 heterocycles. The Balaban J connectivity index is 1.49. The Labute approximate surface area is 143 Å². The lowest BCUT2D eigenvalue weighted by molar-refractivity contribution is -0.115. The topological polar surface area (TPSA) is 59.6 Å². The molecule has 1 aliphatic rings. The Hall–Kier alpha value is -2.21. The zero-order chi connectivity index (χ0) is 16.1. The summed E-state index contributed by atoms with van der Waals surface area (Å²) in [5.41, 5.74) is 1.69. The van der Waals surface area contributed by atoms with Crippen LogP contribution >= 0.6 is 15.9 Å². The fraction of sp³-hybridized carbons (Fsp3) is 0.235. The Morgan fingerprint density at radius 1 is 1.04 bits per heavy atom. The molecule has 0 atom stereocenters. The van der Waals surface area contributed by atoms with Gasteiger partial charge in [-0.15, -0.1) is 0 Å². The minimum absolute atomic E-state index is 0.0517. The average Bonchev–Trinajstić information content (AvgIpc) is 2.55. The number of ether oxygens (including phenoxy) is 2. The quantitative estimate of drug-likeness (QED) is 0.835. The number of amides is 1. The van der Waals surface area contributed by atoms with Crippen LogP contribution in [0.3, 0.4) is 0 Å². The molecule has 2 N–H and O–H groups in total. The van der Waals surface area contributed by atoms with Crippen molar-refractivity contribution < 1.29 is 14.3 Å². The van der Waals surface area contributed by atoms with Crippen molar-refractivity contribution in [2.75, 3.05) is 30.4 Å². The van der Waals surface area contributed by atoms with E-state index in [1.54, 1.807) is 6.07 Å². The van der Waals surface area contributed by atoms with Crippen LogP contribution in [-0.4, -0.2) is 25.7 Å². The molecule has 23 heavy (non-hydrogen) atoms. The summed E-state index contributed by atoms with van der Waals surface area (Å²) < 4.78 is 12.0. The highest BCUT2D eigenvalue weighted by Gasteiger charge is 2.12. The molecule has 3 rings (SSSR count). The first kappa shape index (κ1) is 15.7. The van der Waals surface area contributed by atoms with Gasteiger partial charge < -0.3 is 20.1 Å². The van der Waals surface area contributed by atoms with Crippen LogP contribution in [0.2, 0.25) is 0 Å². The Bertz CT molecular complexity index is 706. The maximum absolute atomic E-state index is 12.0. The zero-order valence-electron chi connectivity index (χ0n) is 12.5. The molecule has 0 aromatic heterocycles. The van der Waals surface area contributed by atoms with Gasteiger partial charge in [-0.1, -0.05) is 22.0 Å². The molecule has 0 aliphatic carbocycles. The molecule has 6 heteroatoms. The van der Waals surface area contributed by atoms with Gasteiger partial charge >= 0.3 is 0 Å². The second-order valence-corrected chi connectivity index (χ2v) is 6.01. The molecule has 1 amide bonds. The van der Waals surface area contributed by atoms with Gasteiger partial charge in [0.1, 0.15) is 13.2 Å². The second-order valence-electron chi connectivity index (χ2n) is 5.09. The van der Waals surface area contributed by atoms with E-state index in [1.165, 1.54) is 0 Å². The summed E-state index contributed by atoms with van der Waals surface area (Å²) in [4.78, 5) is 12.0. The molecule has 120 valence electrons. The van der Waals surface area contributed by atoms with E-state index in [2.05, 4.69) is 26.6 Å². The summed E-state index contributed by atoms with van der Waals surface area (Å²) >= 11 is 3.42. The van der Waals surface area contributed by atoms with Crippen molar-refractivity contribution in [1.29, 1.82) is 0 Å². The fourth-order valence-electron chi connectivity index (χ4n) is 2.26. The molecular formula is C17H17BrN2O3. The van der Waals surface area contributed by atoms with Crippen molar-refractivity contribution in [1.82, 2.24) is 0 Å². The first-order valence-corrected chi connectivity index (χ1v) is 8.19. The number of carbonyl (C=O) groups excluding carboxylic acids is 1. The van der Waals surface area contributed by atoms with Gasteiger partial charge in [0.05, 0.1) is 0 Å². The summed E-state index contributed by atoms with van der Waals surface area (Å²) in [5.74, 6) is 1.33. The summed E-state index contributed by atoms with van der Waals surface area (Å²) in [7, 11) is 0. The van der Waals surface area contributed by atoms with Gasteiger partial charge in [-0.05, 0) is 30.3 Å². The van der Waals surface area contributed by atoms with E-state index in [9.17, 15) is 4.79 Å². The summed E-state index contributed by atoms with van der Waals surface area (Å²) in [6.45, 7) is 1.65. The second kappa shape index (κ2) is 7.37. The molecule has 5 nitrogen and oxygen atoms in total. The molecule has 0 bridgehead atoms. The smallest absolute Gasteiger partial charge is 0.226 e. The largest absolute Gasteiger partial charge is 0.486 e. The minimum atomic E-state index is -0.0517. The molecule has 0 unspecified atom stereocenters. The number of fused-ring (bicyclic) bond motifs is 1. The number of benzene rings is 2. The summed E-state index contributed by atoms with van der Waals surface area (Å²) in [6.07, 6.45) is 0.376. The lowest BCUT2D eigenvalue weighted by Gasteiger charge is -2.19. The van der Waals surface area contributed by atoms with Crippen molar-refractivity contribution in [3.63, 3.8) is 0 Å². The van der Waals surface area contributed by atoms with E-state index in [-0.39, 0.29) is 5.91 Å². The Morgan fingerprint density at radius 3 is 2.70 bits per heavy atom. The van der Waals surface area contributed by atoms with Crippen LogP contribution in [0.15, 0.2) is 46.9 Å². The van der Waals surface area contributed by atoms with Gasteiger partial charge in [0, 0.05) is 34.9 Å². The van der Waals surface area contributed by atoms with Crippen molar-refractivity contribution >= 4 is 33.2 Å². The van der Waals surface area contributed by atoms with Crippen molar-refractivity contribution in [3.8, 4) is 11.5 Å². The predicted octanol–water partition coefficient (Wildman–Crippen LogP) is 3.66. The summed E-state index contributed by atoms with van der Waals surface area (Å²) in [5, 5.41) is 6.08. The van der Waals surface area contributed by atoms with E-state index >= 15 is 0 Å². The van der Waals surface area contributed by atoms with Crippen LogP contribution in [0.1, 0.15) is 6.42 Å². The van der Waals surface area contributed by atoms with Gasteiger partial charge in [-0.3, -0.25) is 4.79 Å². The number of carbonyl (C=O) groups is 1. The number of anilines is 2. The lowest BCUT2D eigenvalue weighted by atomic mass is 10.2. The van der Waals surface area contributed by atoms with E-state index in [1.807, 2.05) is 36.4 Å². The molecule has 0 fully saturated rings. The number of halogens is 1. The molecule has 0 radical (unpaired) electrons. The van der Waals surface area contributed by atoms with Gasteiger partial charge in [-0.25, -0.2) is 0 Å². The van der Waals surface area contributed by atoms with Crippen molar-refractivity contribution in [3.05, 3.63) is 46.9 Å². The fourth-order valence-corrected chi connectivity index (χ4v) is 2.66. The predicted molar refractivity (Wildman–Crippen MR) is 93.3 cm³/mol. The van der Waals surface area contributed by atoms with Crippen LogP contribution in [0.5, 0.6) is 11.5 Å². The van der Waals surface area contributed by atoms with Crippen LogP contribution in [0, 0.1) is 0 Å². The first-order valence-electron chi connectivity index (χ1n) is 7.40. The lowest BCUT2D eigenvalue weighted by Crippen LogP contribution is -2.18. The molecule has 0 spiro atoms. The standard InChI is InChI=1S/C17H17BrN2O3/c18-12-2-1-3-13(10-12)19-7-6-17(21)20-14-4-5-15-16(11-14)23-9-8-22-15/h1-5,10-11,19H,6-9H2,(H,20,21). The number of rotatable bonds is 5. The molecular weight excluding hydrogens is 360 g/mol. The Morgan fingerprint density at radius 2 is 1.87 bits per heavy atom. The highest BCUT2D eigenvalue weighted by molar-refractivity contribution is 9.10. The molecule has 0 saturated heterocycles. The highest BCUT2D eigenvalue weighted by atomic mass is 79.9. The van der Waals surface area contributed by atoms with E-state index < -0.39 is 0 Å². The van der Waals surface area contributed by atoms with Crippen LogP contribution in [-0.2, 0) is 4.79 Å². The molecule has 0 saturated carbocycles. The third-order valence-electron chi connectivity index (χ3n) is 3.33. The number of hydrogen-bond donors (Lipinski definition) is 2. The third kappa shape index (κ3) is 4.39. The van der Waals surface area contributed by atoms with E-state index in [4.69, 9.17) is 9.47 Å². The molecule has 1 aliphatic heterocycles. The minimum Gasteiger partial charge on any atom is -0.486 e. The molecule has 2 aromatic carbocycles. The maximum Gasteiger partial charge on any atom is 0.226 e. The number of nitrogens with one attached hydrogen (secondary N) is 2. The van der Waals surface area contributed by atoms with Crippen molar-refractivity contribution in [2.45, 2.75) is 6.42 Å².